The molecule has 0 unspecified atom stereocenters. The molecule has 0 saturated carbocycles. The minimum atomic E-state index is 0.618. The van der Waals surface area contributed by atoms with E-state index in [1.54, 1.807) is 18.3 Å². The van der Waals surface area contributed by atoms with Gasteiger partial charge in [0, 0.05) is 17.4 Å². The van der Waals surface area contributed by atoms with E-state index in [1.807, 2.05) is 25.1 Å². The van der Waals surface area contributed by atoms with Crippen LogP contribution in [0.15, 0.2) is 36.5 Å². The molecule has 1 aromatic carbocycles. The fourth-order valence-electron chi connectivity index (χ4n) is 1.56. The third-order valence-corrected chi connectivity index (χ3v) is 2.46. The van der Waals surface area contributed by atoms with Gasteiger partial charge in [-0.15, -0.1) is 0 Å². The Bertz CT molecular complexity index is 550. The molecule has 0 fully saturated rings. The summed E-state index contributed by atoms with van der Waals surface area (Å²) in [6.07, 6.45) is 1.71. The van der Waals surface area contributed by atoms with Crippen LogP contribution in [0, 0.1) is 18.3 Å². The van der Waals surface area contributed by atoms with Crippen LogP contribution in [0.5, 0.6) is 0 Å². The molecule has 0 spiro atoms. The van der Waals surface area contributed by atoms with Gasteiger partial charge in [0.15, 0.2) is 0 Å². The lowest BCUT2D eigenvalue weighted by Crippen LogP contribution is -1.92. The fourth-order valence-corrected chi connectivity index (χ4v) is 1.56. The third kappa shape index (κ3) is 1.73. The average Bonchev–Trinajstić information content (AvgIpc) is 2.30. The van der Waals surface area contributed by atoms with Gasteiger partial charge in [-0.3, -0.25) is 4.98 Å². The topological polar surface area (TPSA) is 62.7 Å². The van der Waals surface area contributed by atoms with Crippen molar-refractivity contribution >= 4 is 5.69 Å². The Labute approximate surface area is 94.2 Å². The van der Waals surface area contributed by atoms with Gasteiger partial charge in [0.05, 0.1) is 11.3 Å². The number of rotatable bonds is 1. The molecule has 3 nitrogen and oxygen atoms in total. The average molecular weight is 209 g/mol. The van der Waals surface area contributed by atoms with Crippen LogP contribution in [0.3, 0.4) is 0 Å². The number of aryl methyl sites for hydroxylation is 1. The molecule has 0 aliphatic rings. The van der Waals surface area contributed by atoms with Gasteiger partial charge in [-0.05, 0) is 30.7 Å². The Hall–Kier alpha value is -2.34. The summed E-state index contributed by atoms with van der Waals surface area (Å²) in [6, 6.07) is 11.4. The van der Waals surface area contributed by atoms with Crippen molar-refractivity contribution in [3.63, 3.8) is 0 Å². The monoisotopic (exact) mass is 209 g/mol. The van der Waals surface area contributed by atoms with Gasteiger partial charge in [-0.1, -0.05) is 12.1 Å². The van der Waals surface area contributed by atoms with E-state index in [4.69, 9.17) is 11.0 Å². The number of hydrogen-bond acceptors (Lipinski definition) is 3. The molecule has 1 heterocycles. The Morgan fingerprint density at radius 3 is 2.50 bits per heavy atom. The Balaban J connectivity index is 2.61. The van der Waals surface area contributed by atoms with Crippen LogP contribution >= 0.6 is 0 Å². The van der Waals surface area contributed by atoms with E-state index in [2.05, 4.69) is 11.1 Å². The summed E-state index contributed by atoms with van der Waals surface area (Å²) >= 11 is 0. The van der Waals surface area contributed by atoms with Gasteiger partial charge in [0.2, 0.25) is 0 Å². The highest BCUT2D eigenvalue weighted by atomic mass is 14.7. The standard InChI is InChI=1S/C13H11N3/c1-9-6-7-16-13(12(9)8-14)10-2-4-11(15)5-3-10/h2-7H,15H2,1H3. The summed E-state index contributed by atoms with van der Waals surface area (Å²) in [5.41, 5.74) is 9.50. The molecule has 0 saturated heterocycles. The van der Waals surface area contributed by atoms with Gasteiger partial charge in [-0.2, -0.15) is 5.26 Å². The quantitative estimate of drug-likeness (QED) is 0.734. The number of nitrogen functional groups attached to an aromatic ring is 1. The molecule has 0 aliphatic carbocycles. The first-order valence-corrected chi connectivity index (χ1v) is 4.94. The van der Waals surface area contributed by atoms with Gasteiger partial charge in [0.1, 0.15) is 6.07 Å². The van der Waals surface area contributed by atoms with E-state index in [0.29, 0.717) is 16.9 Å². The number of aromatic nitrogens is 1. The SMILES string of the molecule is Cc1ccnc(-c2ccc(N)cc2)c1C#N. The number of hydrogen-bond donors (Lipinski definition) is 1. The number of benzene rings is 1. The molecule has 0 bridgehead atoms. The van der Waals surface area contributed by atoms with E-state index >= 15 is 0 Å². The van der Waals surface area contributed by atoms with Crippen LogP contribution in [-0.4, -0.2) is 4.98 Å². The number of nitrogens with two attached hydrogens (primary N) is 1. The Morgan fingerprint density at radius 1 is 1.19 bits per heavy atom. The zero-order valence-corrected chi connectivity index (χ0v) is 8.94. The first kappa shape index (κ1) is 10.2. The molecule has 1 aromatic heterocycles. The molecular weight excluding hydrogens is 198 g/mol. The molecule has 0 atom stereocenters. The lowest BCUT2D eigenvalue weighted by molar-refractivity contribution is 1.26. The molecule has 3 heteroatoms. The van der Waals surface area contributed by atoms with Crippen molar-refractivity contribution in [1.29, 1.82) is 5.26 Å². The summed E-state index contributed by atoms with van der Waals surface area (Å²) in [7, 11) is 0. The smallest absolute Gasteiger partial charge is 0.102 e. The van der Waals surface area contributed by atoms with Crippen LogP contribution in [0.4, 0.5) is 5.69 Å². The summed E-state index contributed by atoms with van der Waals surface area (Å²) in [5, 5.41) is 9.10. The Morgan fingerprint density at radius 2 is 1.88 bits per heavy atom. The fraction of sp³-hybridized carbons (Fsp3) is 0.0769. The van der Waals surface area contributed by atoms with E-state index in [9.17, 15) is 0 Å². The second-order valence-corrected chi connectivity index (χ2v) is 3.59. The van der Waals surface area contributed by atoms with Gasteiger partial charge in [0.25, 0.3) is 0 Å². The van der Waals surface area contributed by atoms with Gasteiger partial charge >= 0.3 is 0 Å². The molecule has 2 rings (SSSR count). The molecule has 16 heavy (non-hydrogen) atoms. The van der Waals surface area contributed by atoms with Crippen LogP contribution < -0.4 is 5.73 Å². The highest BCUT2D eigenvalue weighted by Gasteiger charge is 2.08. The first-order valence-electron chi connectivity index (χ1n) is 4.94. The highest BCUT2D eigenvalue weighted by molar-refractivity contribution is 5.69. The van der Waals surface area contributed by atoms with E-state index in [1.165, 1.54) is 0 Å². The summed E-state index contributed by atoms with van der Waals surface area (Å²) in [5.74, 6) is 0. The maximum atomic E-state index is 9.10. The number of nitriles is 1. The normalized spacial score (nSPS) is 9.75. The second-order valence-electron chi connectivity index (χ2n) is 3.59. The number of anilines is 1. The molecular formula is C13H11N3. The van der Waals surface area contributed by atoms with E-state index in [0.717, 1.165) is 11.1 Å². The van der Waals surface area contributed by atoms with Crippen molar-refractivity contribution in [2.24, 2.45) is 0 Å². The maximum absolute atomic E-state index is 9.10. The summed E-state index contributed by atoms with van der Waals surface area (Å²) in [4.78, 5) is 4.25. The molecule has 2 aromatic rings. The molecule has 0 aliphatic heterocycles. The van der Waals surface area contributed by atoms with Crippen LogP contribution in [0.25, 0.3) is 11.3 Å². The van der Waals surface area contributed by atoms with Crippen molar-refractivity contribution in [1.82, 2.24) is 4.98 Å². The molecule has 78 valence electrons. The van der Waals surface area contributed by atoms with Crippen molar-refractivity contribution < 1.29 is 0 Å². The second kappa shape index (κ2) is 4.03. The lowest BCUT2D eigenvalue weighted by Gasteiger charge is -2.05. The van der Waals surface area contributed by atoms with Crippen LogP contribution in [0.1, 0.15) is 11.1 Å². The lowest BCUT2D eigenvalue weighted by atomic mass is 10.0. The minimum absolute atomic E-state index is 0.618. The number of pyridine rings is 1. The first-order chi connectivity index (χ1) is 7.72. The number of nitrogens with zero attached hydrogens (tertiary/aromatic N) is 2. The predicted octanol–water partition coefficient (Wildman–Crippen LogP) is 2.51. The maximum Gasteiger partial charge on any atom is 0.102 e. The Kier molecular flexibility index (Phi) is 2.57. The zero-order valence-electron chi connectivity index (χ0n) is 8.94. The minimum Gasteiger partial charge on any atom is -0.399 e. The summed E-state index contributed by atoms with van der Waals surface area (Å²) < 4.78 is 0. The predicted molar refractivity (Wildman–Crippen MR) is 63.5 cm³/mol. The molecule has 0 amide bonds. The van der Waals surface area contributed by atoms with E-state index < -0.39 is 0 Å². The summed E-state index contributed by atoms with van der Waals surface area (Å²) in [6.45, 7) is 1.90. The van der Waals surface area contributed by atoms with Crippen LogP contribution in [-0.2, 0) is 0 Å². The van der Waals surface area contributed by atoms with Crippen LogP contribution in [0.2, 0.25) is 0 Å². The largest absolute Gasteiger partial charge is 0.399 e. The van der Waals surface area contributed by atoms with Gasteiger partial charge in [-0.25, -0.2) is 0 Å². The highest BCUT2D eigenvalue weighted by Crippen LogP contribution is 2.23. The van der Waals surface area contributed by atoms with Crippen molar-refractivity contribution in [3.8, 4) is 17.3 Å². The van der Waals surface area contributed by atoms with Crippen molar-refractivity contribution in [3.05, 3.63) is 47.7 Å². The molecule has 2 N–H and O–H groups in total. The molecule has 0 radical (unpaired) electrons. The van der Waals surface area contributed by atoms with Gasteiger partial charge < -0.3 is 5.73 Å². The zero-order chi connectivity index (χ0) is 11.5. The third-order valence-electron chi connectivity index (χ3n) is 2.46. The van der Waals surface area contributed by atoms with Crippen molar-refractivity contribution in [2.45, 2.75) is 6.92 Å². The van der Waals surface area contributed by atoms with E-state index in [-0.39, 0.29) is 0 Å². The van der Waals surface area contributed by atoms with Crippen molar-refractivity contribution in [2.75, 3.05) is 5.73 Å².